The minimum atomic E-state index is -3.85. The molecular formula is C13H10Br2N2O3S. The molecule has 0 aliphatic rings. The van der Waals surface area contributed by atoms with E-state index in [0.717, 1.165) is 6.21 Å². The van der Waals surface area contributed by atoms with Crippen LogP contribution in [0.15, 0.2) is 54.6 Å². The van der Waals surface area contributed by atoms with Gasteiger partial charge in [-0.25, -0.2) is 0 Å². The van der Waals surface area contributed by atoms with Crippen molar-refractivity contribution in [3.8, 4) is 5.75 Å². The van der Waals surface area contributed by atoms with Gasteiger partial charge in [0.05, 0.1) is 15.6 Å². The molecule has 0 aliphatic carbocycles. The Labute approximate surface area is 138 Å². The van der Waals surface area contributed by atoms with E-state index < -0.39 is 10.0 Å². The van der Waals surface area contributed by atoms with Crippen LogP contribution >= 0.6 is 31.9 Å². The maximum Gasteiger partial charge on any atom is 0.282 e. The van der Waals surface area contributed by atoms with Gasteiger partial charge in [0, 0.05) is 15.7 Å². The molecule has 2 aromatic carbocycles. The van der Waals surface area contributed by atoms with Crippen LogP contribution in [0.5, 0.6) is 5.75 Å². The van der Waals surface area contributed by atoms with E-state index in [4.69, 9.17) is 5.73 Å². The Bertz CT molecular complexity index is 803. The van der Waals surface area contributed by atoms with Crippen LogP contribution in [0.4, 0.5) is 5.69 Å². The highest BCUT2D eigenvalue weighted by Gasteiger charge is 2.12. The van der Waals surface area contributed by atoms with E-state index in [-0.39, 0.29) is 16.2 Å². The van der Waals surface area contributed by atoms with Gasteiger partial charge in [-0.05, 0) is 52.3 Å². The fourth-order valence-corrected chi connectivity index (χ4v) is 3.62. The number of hydrogen-bond acceptors (Lipinski definition) is 4. The fraction of sp³-hybridized carbons (Fsp3) is 0. The molecule has 2 rings (SSSR count). The Kier molecular flexibility index (Phi) is 4.70. The average Bonchev–Trinajstić information content (AvgIpc) is 2.42. The normalized spacial score (nSPS) is 11.9. The van der Waals surface area contributed by atoms with Gasteiger partial charge >= 0.3 is 0 Å². The van der Waals surface area contributed by atoms with Crippen LogP contribution in [0.3, 0.4) is 0 Å². The van der Waals surface area contributed by atoms with Crippen molar-refractivity contribution in [1.29, 1.82) is 0 Å². The van der Waals surface area contributed by atoms with Crippen LogP contribution in [0.25, 0.3) is 0 Å². The molecule has 0 saturated heterocycles. The van der Waals surface area contributed by atoms with E-state index in [1.54, 1.807) is 12.1 Å². The zero-order valence-electron chi connectivity index (χ0n) is 10.5. The van der Waals surface area contributed by atoms with E-state index in [2.05, 4.69) is 36.3 Å². The van der Waals surface area contributed by atoms with Gasteiger partial charge in [0.1, 0.15) is 5.75 Å². The van der Waals surface area contributed by atoms with Gasteiger partial charge in [-0.2, -0.15) is 12.8 Å². The Morgan fingerprint density at radius 2 is 1.76 bits per heavy atom. The lowest BCUT2D eigenvalue weighted by Gasteiger charge is -2.03. The predicted octanol–water partition coefficient (Wildman–Crippen LogP) is 3.31. The first-order chi connectivity index (χ1) is 9.79. The minimum absolute atomic E-state index is 0.0292. The highest BCUT2D eigenvalue weighted by Crippen LogP contribution is 2.30. The Morgan fingerprint density at radius 3 is 2.38 bits per heavy atom. The minimum Gasteiger partial charge on any atom is -0.506 e. The van der Waals surface area contributed by atoms with Crippen LogP contribution < -0.4 is 5.73 Å². The Morgan fingerprint density at radius 1 is 1.14 bits per heavy atom. The molecule has 0 bridgehead atoms. The first kappa shape index (κ1) is 16.0. The molecule has 0 aliphatic heterocycles. The molecular weight excluding hydrogens is 424 g/mol. The number of nitrogens with zero attached hydrogens (tertiary/aromatic N) is 1. The maximum absolute atomic E-state index is 12.1. The average molecular weight is 434 g/mol. The summed E-state index contributed by atoms with van der Waals surface area (Å²) in [6.07, 6.45) is 1.09. The lowest BCUT2D eigenvalue weighted by atomic mass is 10.2. The molecule has 0 amide bonds. The summed E-state index contributed by atoms with van der Waals surface area (Å²) in [7, 11) is -3.85. The number of phenolic OH excluding ortho intramolecular Hbond substituents is 1. The Hall–Kier alpha value is -1.38. The van der Waals surface area contributed by atoms with E-state index in [1.165, 1.54) is 24.3 Å². The van der Waals surface area contributed by atoms with Gasteiger partial charge < -0.3 is 10.8 Å². The van der Waals surface area contributed by atoms with E-state index in [0.29, 0.717) is 14.6 Å². The molecule has 0 fully saturated rings. The molecule has 110 valence electrons. The predicted molar refractivity (Wildman–Crippen MR) is 89.1 cm³/mol. The number of nitrogen functional groups attached to an aromatic ring is 1. The molecule has 0 heterocycles. The van der Waals surface area contributed by atoms with Gasteiger partial charge in [0.25, 0.3) is 10.0 Å². The van der Waals surface area contributed by atoms with Crippen molar-refractivity contribution in [1.82, 2.24) is 0 Å². The quantitative estimate of drug-likeness (QED) is 0.573. The number of rotatable bonds is 3. The number of nitrogens with two attached hydrogens (primary N) is 1. The number of benzene rings is 2. The van der Waals surface area contributed by atoms with E-state index in [9.17, 15) is 13.5 Å². The smallest absolute Gasteiger partial charge is 0.282 e. The van der Waals surface area contributed by atoms with Crippen molar-refractivity contribution in [3.05, 3.63) is 50.9 Å². The topological polar surface area (TPSA) is 92.8 Å². The maximum atomic E-state index is 12.1. The SMILES string of the molecule is Nc1ccc(S(=O)(=O)/N=C/c2cc(Br)cc(Br)c2O)cc1. The highest BCUT2D eigenvalue weighted by atomic mass is 79.9. The third-order valence-electron chi connectivity index (χ3n) is 2.57. The lowest BCUT2D eigenvalue weighted by Crippen LogP contribution is -1.98. The molecule has 21 heavy (non-hydrogen) atoms. The zero-order valence-corrected chi connectivity index (χ0v) is 14.5. The van der Waals surface area contributed by atoms with Gasteiger partial charge in [-0.15, -0.1) is 0 Å². The van der Waals surface area contributed by atoms with Gasteiger partial charge in [-0.3, -0.25) is 0 Å². The van der Waals surface area contributed by atoms with Crippen LogP contribution in [-0.4, -0.2) is 19.7 Å². The van der Waals surface area contributed by atoms with Crippen molar-refractivity contribution in [2.24, 2.45) is 4.40 Å². The first-order valence-corrected chi connectivity index (χ1v) is 8.66. The molecule has 8 heteroatoms. The summed E-state index contributed by atoms with van der Waals surface area (Å²) in [5, 5.41) is 9.86. The van der Waals surface area contributed by atoms with Crippen LogP contribution in [0.2, 0.25) is 0 Å². The summed E-state index contributed by atoms with van der Waals surface area (Å²) >= 11 is 6.42. The van der Waals surface area contributed by atoms with Crippen molar-refractivity contribution in [2.45, 2.75) is 4.90 Å². The number of anilines is 1. The van der Waals surface area contributed by atoms with Gasteiger partial charge in [0.15, 0.2) is 0 Å². The molecule has 0 spiro atoms. The highest BCUT2D eigenvalue weighted by molar-refractivity contribution is 9.11. The first-order valence-electron chi connectivity index (χ1n) is 5.63. The Balaban J connectivity index is 2.39. The second-order valence-corrected chi connectivity index (χ2v) is 7.51. The number of sulfonamides is 1. The van der Waals surface area contributed by atoms with E-state index in [1.807, 2.05) is 0 Å². The summed E-state index contributed by atoms with van der Waals surface area (Å²) in [6, 6.07) is 8.91. The second-order valence-electron chi connectivity index (χ2n) is 4.10. The van der Waals surface area contributed by atoms with Crippen LogP contribution in [0, 0.1) is 0 Å². The molecule has 2 aromatic rings. The number of phenols is 1. The summed E-state index contributed by atoms with van der Waals surface area (Å²) in [5.41, 5.74) is 6.25. The summed E-state index contributed by atoms with van der Waals surface area (Å²) < 4.78 is 28.8. The molecule has 0 radical (unpaired) electrons. The van der Waals surface area contributed by atoms with Crippen molar-refractivity contribution in [3.63, 3.8) is 0 Å². The molecule has 0 unspecified atom stereocenters. The molecule has 0 aromatic heterocycles. The number of halogens is 2. The number of hydrogen-bond donors (Lipinski definition) is 2. The van der Waals surface area contributed by atoms with Crippen molar-refractivity contribution < 1.29 is 13.5 Å². The molecule has 5 nitrogen and oxygen atoms in total. The monoisotopic (exact) mass is 432 g/mol. The fourth-order valence-electron chi connectivity index (χ4n) is 1.51. The third kappa shape index (κ3) is 3.84. The third-order valence-corrected chi connectivity index (χ3v) is 4.88. The van der Waals surface area contributed by atoms with Crippen LogP contribution in [-0.2, 0) is 10.0 Å². The number of aromatic hydroxyl groups is 1. The van der Waals surface area contributed by atoms with Gasteiger partial charge in [0.2, 0.25) is 0 Å². The summed E-state index contributed by atoms with van der Waals surface area (Å²) in [5.74, 6) is -0.0885. The van der Waals surface area contributed by atoms with Crippen molar-refractivity contribution in [2.75, 3.05) is 5.73 Å². The standard InChI is InChI=1S/C13H10Br2N2O3S/c14-9-5-8(13(18)12(15)6-9)7-17-21(19,20)11-3-1-10(16)2-4-11/h1-7,18H,16H2/b17-7+. The summed E-state index contributed by atoms with van der Waals surface area (Å²) in [6.45, 7) is 0. The largest absolute Gasteiger partial charge is 0.506 e. The van der Waals surface area contributed by atoms with Crippen LogP contribution in [0.1, 0.15) is 5.56 Å². The molecule has 3 N–H and O–H groups in total. The second kappa shape index (κ2) is 6.17. The molecule has 0 atom stereocenters. The van der Waals surface area contributed by atoms with E-state index >= 15 is 0 Å². The molecule has 0 saturated carbocycles. The zero-order chi connectivity index (χ0) is 15.6. The lowest BCUT2D eigenvalue weighted by molar-refractivity contribution is 0.471. The summed E-state index contributed by atoms with van der Waals surface area (Å²) in [4.78, 5) is 0.0292. The van der Waals surface area contributed by atoms with Gasteiger partial charge in [-0.1, -0.05) is 15.9 Å². The van der Waals surface area contributed by atoms with Crippen molar-refractivity contribution >= 4 is 53.8 Å².